The third kappa shape index (κ3) is 4.57. The second-order valence-corrected chi connectivity index (χ2v) is 8.86. The zero-order valence-electron chi connectivity index (χ0n) is 15.7. The molecule has 0 aliphatic carbocycles. The van der Waals surface area contributed by atoms with Gasteiger partial charge >= 0.3 is 0 Å². The number of carbonyl (C=O) groups is 1. The molecule has 1 amide bonds. The Hall–Kier alpha value is -2.29. The summed E-state index contributed by atoms with van der Waals surface area (Å²) in [5.41, 5.74) is 1.93. The first-order valence-corrected chi connectivity index (χ1v) is 11.0. The topological polar surface area (TPSA) is 79.0 Å². The molecule has 9 heteroatoms. The minimum atomic E-state index is -3.19. The summed E-state index contributed by atoms with van der Waals surface area (Å²) >= 11 is 6.11. The van der Waals surface area contributed by atoms with Crippen molar-refractivity contribution in [3.63, 3.8) is 0 Å². The lowest BCUT2D eigenvalue weighted by atomic mass is 10.1. The fourth-order valence-corrected chi connectivity index (χ4v) is 4.20. The zero-order chi connectivity index (χ0) is 20.3. The molecule has 0 aromatic heterocycles. The van der Waals surface area contributed by atoms with Crippen LogP contribution in [0.1, 0.15) is 10.4 Å². The second kappa shape index (κ2) is 8.38. The summed E-state index contributed by atoms with van der Waals surface area (Å²) in [7, 11) is -1.68. The number of piperazine rings is 1. The van der Waals surface area contributed by atoms with Crippen LogP contribution in [0.2, 0.25) is 5.02 Å². The Balaban J connectivity index is 1.76. The van der Waals surface area contributed by atoms with Gasteiger partial charge in [-0.2, -0.15) is 4.31 Å². The van der Waals surface area contributed by atoms with Crippen molar-refractivity contribution in [3.05, 3.63) is 53.1 Å². The van der Waals surface area contributed by atoms with Crippen LogP contribution in [0, 0.1) is 0 Å². The van der Waals surface area contributed by atoms with E-state index in [0.717, 1.165) is 5.69 Å². The average molecular weight is 424 g/mol. The Labute approximate surface area is 169 Å². The van der Waals surface area contributed by atoms with Gasteiger partial charge in [0.2, 0.25) is 10.0 Å². The van der Waals surface area contributed by atoms with Crippen LogP contribution in [0.25, 0.3) is 0 Å². The van der Waals surface area contributed by atoms with Crippen molar-refractivity contribution < 1.29 is 17.9 Å². The lowest BCUT2D eigenvalue weighted by Gasteiger charge is -2.35. The highest BCUT2D eigenvalue weighted by Gasteiger charge is 2.25. The number of hydrogen-bond acceptors (Lipinski definition) is 5. The molecule has 7 nitrogen and oxygen atoms in total. The van der Waals surface area contributed by atoms with E-state index >= 15 is 0 Å². The van der Waals surface area contributed by atoms with Gasteiger partial charge in [0.1, 0.15) is 5.75 Å². The molecule has 0 atom stereocenters. The number of sulfonamides is 1. The van der Waals surface area contributed by atoms with Crippen molar-refractivity contribution >= 4 is 38.9 Å². The number of methoxy groups -OCH3 is 1. The third-order valence-corrected chi connectivity index (χ3v) is 6.21. The number of ether oxygens (including phenoxy) is 1. The van der Waals surface area contributed by atoms with Gasteiger partial charge in [0.25, 0.3) is 5.91 Å². The molecule has 28 heavy (non-hydrogen) atoms. The maximum Gasteiger partial charge on any atom is 0.255 e. The van der Waals surface area contributed by atoms with E-state index < -0.39 is 10.0 Å². The van der Waals surface area contributed by atoms with Gasteiger partial charge in [-0.05, 0) is 30.3 Å². The van der Waals surface area contributed by atoms with Crippen LogP contribution in [0.15, 0.2) is 42.5 Å². The monoisotopic (exact) mass is 423 g/mol. The van der Waals surface area contributed by atoms with Gasteiger partial charge in [-0.3, -0.25) is 4.79 Å². The predicted octanol–water partition coefficient (Wildman–Crippen LogP) is 2.68. The van der Waals surface area contributed by atoms with Crippen molar-refractivity contribution in [1.29, 1.82) is 0 Å². The van der Waals surface area contributed by atoms with Crippen LogP contribution in [-0.4, -0.2) is 58.2 Å². The van der Waals surface area contributed by atoms with Crippen LogP contribution in [-0.2, 0) is 10.0 Å². The van der Waals surface area contributed by atoms with Gasteiger partial charge in [-0.1, -0.05) is 23.7 Å². The number of hydrogen-bond donors (Lipinski definition) is 1. The molecular formula is C19H22ClN3O4S. The van der Waals surface area contributed by atoms with Gasteiger partial charge in [-0.15, -0.1) is 0 Å². The molecular weight excluding hydrogens is 402 g/mol. The van der Waals surface area contributed by atoms with Gasteiger partial charge in [0.15, 0.2) is 0 Å². The van der Waals surface area contributed by atoms with E-state index in [-0.39, 0.29) is 5.91 Å². The Bertz CT molecular complexity index is 973. The summed E-state index contributed by atoms with van der Waals surface area (Å²) in [5.74, 6) is 0.217. The molecule has 1 heterocycles. The van der Waals surface area contributed by atoms with Crippen molar-refractivity contribution in [3.8, 4) is 5.75 Å². The molecule has 1 N–H and O–H groups in total. The van der Waals surface area contributed by atoms with Crippen molar-refractivity contribution in [2.45, 2.75) is 0 Å². The Morgan fingerprint density at radius 2 is 1.79 bits per heavy atom. The largest absolute Gasteiger partial charge is 0.495 e. The second-order valence-electron chi connectivity index (χ2n) is 6.47. The standard InChI is InChI=1S/C19H22ClN3O4S/c1-27-18-8-7-14(13-15(18)20)19(24)21-16-5-3-4-6-17(16)22-9-11-23(12-10-22)28(2,25)26/h3-8,13H,9-12H2,1-2H3,(H,21,24). The van der Waals surface area contributed by atoms with Crippen molar-refractivity contribution in [2.75, 3.05) is 49.8 Å². The fourth-order valence-electron chi connectivity index (χ4n) is 3.12. The van der Waals surface area contributed by atoms with Gasteiger partial charge in [0, 0.05) is 31.7 Å². The number of benzene rings is 2. The molecule has 0 spiro atoms. The first-order valence-electron chi connectivity index (χ1n) is 8.73. The van der Waals surface area contributed by atoms with E-state index in [0.29, 0.717) is 48.2 Å². The number of nitrogens with one attached hydrogen (secondary N) is 1. The Morgan fingerprint density at radius 1 is 1.11 bits per heavy atom. The number of para-hydroxylation sites is 2. The van der Waals surface area contributed by atoms with E-state index in [1.165, 1.54) is 17.7 Å². The number of carbonyl (C=O) groups excluding carboxylic acids is 1. The highest BCUT2D eigenvalue weighted by Crippen LogP contribution is 2.29. The van der Waals surface area contributed by atoms with Crippen LogP contribution in [0.3, 0.4) is 0 Å². The molecule has 0 bridgehead atoms. The van der Waals surface area contributed by atoms with Crippen LogP contribution < -0.4 is 15.0 Å². The summed E-state index contributed by atoms with van der Waals surface area (Å²) in [5, 5.41) is 3.28. The molecule has 0 unspecified atom stereocenters. The minimum Gasteiger partial charge on any atom is -0.495 e. The third-order valence-electron chi connectivity index (χ3n) is 4.61. The molecule has 2 aromatic rings. The SMILES string of the molecule is COc1ccc(C(=O)Nc2ccccc2N2CCN(S(C)(=O)=O)CC2)cc1Cl. The molecule has 1 fully saturated rings. The van der Waals surface area contributed by atoms with Gasteiger partial charge < -0.3 is 15.0 Å². The average Bonchev–Trinajstić information content (AvgIpc) is 2.67. The molecule has 1 aliphatic heterocycles. The highest BCUT2D eigenvalue weighted by atomic mass is 35.5. The molecule has 0 saturated carbocycles. The molecule has 1 aliphatic rings. The molecule has 2 aromatic carbocycles. The summed E-state index contributed by atoms with van der Waals surface area (Å²) in [6.45, 7) is 1.92. The number of amides is 1. The number of anilines is 2. The first kappa shape index (κ1) is 20.4. The van der Waals surface area contributed by atoms with E-state index in [9.17, 15) is 13.2 Å². The highest BCUT2D eigenvalue weighted by molar-refractivity contribution is 7.88. The lowest BCUT2D eigenvalue weighted by Crippen LogP contribution is -2.48. The Morgan fingerprint density at radius 3 is 2.39 bits per heavy atom. The predicted molar refractivity (Wildman–Crippen MR) is 111 cm³/mol. The van der Waals surface area contributed by atoms with Gasteiger partial charge in [0.05, 0.1) is 29.8 Å². The maximum atomic E-state index is 12.7. The summed E-state index contributed by atoms with van der Waals surface area (Å²) in [6.07, 6.45) is 1.22. The number of nitrogens with zero attached hydrogens (tertiary/aromatic N) is 2. The Kier molecular flexibility index (Phi) is 6.12. The molecule has 3 rings (SSSR count). The van der Waals surface area contributed by atoms with Crippen molar-refractivity contribution in [2.24, 2.45) is 0 Å². The maximum absolute atomic E-state index is 12.7. The summed E-state index contributed by atoms with van der Waals surface area (Å²) in [4.78, 5) is 14.7. The first-order chi connectivity index (χ1) is 13.3. The number of rotatable bonds is 5. The quantitative estimate of drug-likeness (QED) is 0.799. The smallest absolute Gasteiger partial charge is 0.255 e. The molecule has 1 saturated heterocycles. The zero-order valence-corrected chi connectivity index (χ0v) is 17.3. The fraction of sp³-hybridized carbons (Fsp3) is 0.316. The summed E-state index contributed by atoms with van der Waals surface area (Å²) < 4.78 is 30.0. The number of halogens is 1. The van der Waals surface area contributed by atoms with Crippen LogP contribution >= 0.6 is 11.6 Å². The normalized spacial score (nSPS) is 15.3. The molecule has 150 valence electrons. The van der Waals surface area contributed by atoms with Crippen LogP contribution in [0.4, 0.5) is 11.4 Å². The van der Waals surface area contributed by atoms with Crippen LogP contribution in [0.5, 0.6) is 5.75 Å². The van der Waals surface area contributed by atoms with E-state index in [4.69, 9.17) is 16.3 Å². The van der Waals surface area contributed by atoms with E-state index in [1.54, 1.807) is 18.2 Å². The lowest BCUT2D eigenvalue weighted by molar-refractivity contribution is 0.102. The van der Waals surface area contributed by atoms with E-state index in [2.05, 4.69) is 10.2 Å². The minimum absolute atomic E-state index is 0.285. The van der Waals surface area contributed by atoms with Gasteiger partial charge in [-0.25, -0.2) is 8.42 Å². The summed E-state index contributed by atoms with van der Waals surface area (Å²) in [6, 6.07) is 12.3. The molecule has 0 radical (unpaired) electrons. The van der Waals surface area contributed by atoms with Crippen molar-refractivity contribution in [1.82, 2.24) is 4.31 Å². The van der Waals surface area contributed by atoms with E-state index in [1.807, 2.05) is 24.3 Å².